The molecule has 0 saturated heterocycles. The summed E-state index contributed by atoms with van der Waals surface area (Å²) in [5, 5.41) is 7.90. The molecule has 0 saturated carbocycles. The van der Waals surface area contributed by atoms with Crippen LogP contribution in [0.25, 0.3) is 5.69 Å². The van der Waals surface area contributed by atoms with Crippen molar-refractivity contribution >= 4 is 45.7 Å². The number of hydrogen-bond acceptors (Lipinski definition) is 3. The first-order chi connectivity index (χ1) is 12.9. The summed E-state index contributed by atoms with van der Waals surface area (Å²) in [7, 11) is -1.06. The molecular formula is C18H12Cl2FN3O2S. The largest absolute Gasteiger partial charge is 0.306 e. The first kappa shape index (κ1) is 18.2. The molecule has 3 aromatic rings. The zero-order chi connectivity index (χ0) is 19.1. The summed E-state index contributed by atoms with van der Waals surface area (Å²) < 4.78 is 26.7. The average molecular weight is 424 g/mol. The summed E-state index contributed by atoms with van der Waals surface area (Å²) in [5.41, 5.74) is 2.18. The predicted octanol–water partition coefficient (Wildman–Crippen LogP) is 4.33. The number of nitrogens with zero attached hydrogens (tertiary/aromatic N) is 2. The van der Waals surface area contributed by atoms with Gasteiger partial charge in [-0.15, -0.1) is 0 Å². The fourth-order valence-corrected chi connectivity index (χ4v) is 4.63. The Labute approximate surface area is 166 Å². The van der Waals surface area contributed by atoms with Gasteiger partial charge in [0.2, 0.25) is 0 Å². The molecule has 1 aliphatic rings. The van der Waals surface area contributed by atoms with E-state index in [0.717, 1.165) is 0 Å². The molecule has 0 radical (unpaired) electrons. The first-order valence-corrected chi connectivity index (χ1v) is 10.1. The molecule has 1 amide bonds. The molecule has 1 aromatic heterocycles. The van der Waals surface area contributed by atoms with Crippen LogP contribution in [0.2, 0.25) is 10.0 Å². The lowest BCUT2D eigenvalue weighted by atomic mass is 10.2. The molecule has 0 unspecified atom stereocenters. The fraction of sp³-hybridized carbons (Fsp3) is 0.111. The Morgan fingerprint density at radius 3 is 2.59 bits per heavy atom. The number of carbonyl (C=O) groups excluding carboxylic acids is 1. The highest BCUT2D eigenvalue weighted by atomic mass is 35.5. The van der Waals surface area contributed by atoms with Crippen molar-refractivity contribution < 1.29 is 13.4 Å². The van der Waals surface area contributed by atoms with Crippen LogP contribution in [-0.4, -0.2) is 19.9 Å². The molecule has 0 aliphatic carbocycles. The number of fused-ring (bicyclic) bond motifs is 1. The van der Waals surface area contributed by atoms with Crippen LogP contribution in [0.3, 0.4) is 0 Å². The number of amides is 1. The molecule has 0 bridgehead atoms. The van der Waals surface area contributed by atoms with Crippen LogP contribution in [0.4, 0.5) is 10.2 Å². The minimum atomic E-state index is -1.06. The smallest absolute Gasteiger partial charge is 0.258 e. The molecule has 5 nitrogen and oxygen atoms in total. The van der Waals surface area contributed by atoms with Crippen LogP contribution in [-0.2, 0) is 22.3 Å². The van der Waals surface area contributed by atoms with E-state index in [0.29, 0.717) is 39.3 Å². The minimum absolute atomic E-state index is 0.216. The topological polar surface area (TPSA) is 64.0 Å². The van der Waals surface area contributed by atoms with Crippen molar-refractivity contribution in [1.82, 2.24) is 9.78 Å². The molecule has 1 atom stereocenters. The van der Waals surface area contributed by atoms with Crippen LogP contribution in [0.5, 0.6) is 0 Å². The van der Waals surface area contributed by atoms with E-state index in [1.54, 1.807) is 18.2 Å². The molecule has 27 heavy (non-hydrogen) atoms. The molecule has 138 valence electrons. The number of halogens is 3. The molecule has 2 aromatic carbocycles. The number of nitrogens with one attached hydrogen (secondary N) is 1. The van der Waals surface area contributed by atoms with Gasteiger partial charge in [0.15, 0.2) is 0 Å². The second-order valence-corrected chi connectivity index (χ2v) is 8.27. The number of benzene rings is 2. The van der Waals surface area contributed by atoms with Gasteiger partial charge in [0.05, 0.1) is 33.5 Å². The predicted molar refractivity (Wildman–Crippen MR) is 103 cm³/mol. The van der Waals surface area contributed by atoms with Gasteiger partial charge in [0.1, 0.15) is 11.6 Å². The Balaban J connectivity index is 1.76. The molecule has 1 N–H and O–H groups in total. The number of aromatic nitrogens is 2. The second-order valence-electron chi connectivity index (χ2n) is 5.97. The van der Waals surface area contributed by atoms with Gasteiger partial charge in [0, 0.05) is 21.4 Å². The number of hydrogen-bond donors (Lipinski definition) is 1. The molecule has 1 aliphatic heterocycles. The van der Waals surface area contributed by atoms with Crippen LogP contribution in [0.15, 0.2) is 42.5 Å². The third-order valence-electron chi connectivity index (χ3n) is 4.15. The summed E-state index contributed by atoms with van der Waals surface area (Å²) in [4.78, 5) is 12.7. The summed E-state index contributed by atoms with van der Waals surface area (Å²) in [6.07, 6.45) is 0. The molecule has 2 heterocycles. The Morgan fingerprint density at radius 1 is 1.15 bits per heavy atom. The van der Waals surface area contributed by atoms with Crippen LogP contribution in [0, 0.1) is 5.82 Å². The second kappa shape index (κ2) is 7.07. The highest BCUT2D eigenvalue weighted by molar-refractivity contribution is 7.83. The number of rotatable bonds is 3. The van der Waals surface area contributed by atoms with E-state index in [2.05, 4.69) is 10.4 Å². The van der Waals surface area contributed by atoms with Crippen molar-refractivity contribution in [2.24, 2.45) is 0 Å². The standard InChI is InChI=1S/C18H12Cl2FN3O2S/c19-10-1-6-13(15(20)7-10)18(25)22-17-14-8-27(26)9-16(14)23-24(17)12-4-2-11(21)3-5-12/h1-7H,8-9H2,(H,22,25)/t27-/m1/s1. The van der Waals surface area contributed by atoms with Crippen molar-refractivity contribution in [3.63, 3.8) is 0 Å². The van der Waals surface area contributed by atoms with Gasteiger partial charge in [-0.1, -0.05) is 23.2 Å². The maximum Gasteiger partial charge on any atom is 0.258 e. The maximum atomic E-state index is 13.3. The van der Waals surface area contributed by atoms with E-state index in [1.807, 2.05) is 0 Å². The van der Waals surface area contributed by atoms with Crippen molar-refractivity contribution in [1.29, 1.82) is 0 Å². The number of carbonyl (C=O) groups is 1. The maximum absolute atomic E-state index is 13.3. The van der Waals surface area contributed by atoms with E-state index >= 15 is 0 Å². The highest BCUT2D eigenvalue weighted by Gasteiger charge is 2.28. The van der Waals surface area contributed by atoms with Gasteiger partial charge < -0.3 is 5.32 Å². The quantitative estimate of drug-likeness (QED) is 0.681. The van der Waals surface area contributed by atoms with Gasteiger partial charge >= 0.3 is 0 Å². The molecule has 0 spiro atoms. The molecule has 9 heteroatoms. The van der Waals surface area contributed by atoms with E-state index < -0.39 is 16.7 Å². The zero-order valence-corrected chi connectivity index (χ0v) is 16.0. The van der Waals surface area contributed by atoms with Crippen molar-refractivity contribution in [2.75, 3.05) is 5.32 Å². The SMILES string of the molecule is O=C(Nc1c2c(nn1-c1ccc(F)cc1)C[S@](=O)C2)c1ccc(Cl)cc1Cl. The van der Waals surface area contributed by atoms with Crippen molar-refractivity contribution in [2.45, 2.75) is 11.5 Å². The third kappa shape index (κ3) is 3.50. The molecular weight excluding hydrogens is 412 g/mol. The Kier molecular flexibility index (Phi) is 4.75. The summed E-state index contributed by atoms with van der Waals surface area (Å²) in [6, 6.07) is 10.3. The number of anilines is 1. The minimum Gasteiger partial charge on any atom is -0.306 e. The van der Waals surface area contributed by atoms with Gasteiger partial charge in [0.25, 0.3) is 5.91 Å². The molecule has 0 fully saturated rings. The van der Waals surface area contributed by atoms with Gasteiger partial charge in [-0.2, -0.15) is 5.10 Å². The van der Waals surface area contributed by atoms with Crippen molar-refractivity contribution in [3.05, 3.63) is 75.1 Å². The summed E-state index contributed by atoms with van der Waals surface area (Å²) >= 11 is 12.0. The van der Waals surface area contributed by atoms with Gasteiger partial charge in [-0.3, -0.25) is 9.00 Å². The normalized spacial score (nSPS) is 15.6. The average Bonchev–Trinajstić information content (AvgIpc) is 3.13. The van der Waals surface area contributed by atoms with Crippen LogP contribution >= 0.6 is 23.2 Å². The monoisotopic (exact) mass is 423 g/mol. The summed E-state index contributed by atoms with van der Waals surface area (Å²) in [5.74, 6) is 0.186. The Bertz CT molecular complexity index is 1080. The van der Waals surface area contributed by atoms with Crippen LogP contribution in [0.1, 0.15) is 21.6 Å². The van der Waals surface area contributed by atoms with Gasteiger partial charge in [-0.25, -0.2) is 9.07 Å². The van der Waals surface area contributed by atoms with E-state index in [-0.39, 0.29) is 16.4 Å². The van der Waals surface area contributed by atoms with Crippen molar-refractivity contribution in [3.8, 4) is 5.69 Å². The molecule has 4 rings (SSSR count). The highest BCUT2D eigenvalue weighted by Crippen LogP contribution is 2.32. The summed E-state index contributed by atoms with van der Waals surface area (Å²) in [6.45, 7) is 0. The lowest BCUT2D eigenvalue weighted by molar-refractivity contribution is 0.102. The first-order valence-electron chi connectivity index (χ1n) is 7.90. The Morgan fingerprint density at radius 2 is 1.89 bits per heavy atom. The fourth-order valence-electron chi connectivity index (χ4n) is 2.87. The van der Waals surface area contributed by atoms with E-state index in [1.165, 1.54) is 28.9 Å². The van der Waals surface area contributed by atoms with Gasteiger partial charge in [-0.05, 0) is 42.5 Å². The van der Waals surface area contributed by atoms with E-state index in [4.69, 9.17) is 23.2 Å². The van der Waals surface area contributed by atoms with Crippen LogP contribution < -0.4 is 5.32 Å². The lowest BCUT2D eigenvalue weighted by Gasteiger charge is -2.12. The Hall–Kier alpha value is -2.22. The van der Waals surface area contributed by atoms with E-state index in [9.17, 15) is 13.4 Å². The zero-order valence-electron chi connectivity index (χ0n) is 13.7. The third-order valence-corrected chi connectivity index (χ3v) is 5.90. The lowest BCUT2D eigenvalue weighted by Crippen LogP contribution is -2.17.